The number of aryl methyl sites for hydroxylation is 1. The number of rotatable bonds is 3. The molecule has 0 bridgehead atoms. The number of hydrogen-bond donors (Lipinski definition) is 1. The first-order chi connectivity index (χ1) is 7.20. The Kier molecular flexibility index (Phi) is 3.30. The van der Waals surface area contributed by atoms with Crippen molar-refractivity contribution in [1.29, 1.82) is 0 Å². The minimum atomic E-state index is -3.51. The van der Waals surface area contributed by atoms with Gasteiger partial charge in [0.15, 0.2) is 9.84 Å². The third-order valence-corrected chi connectivity index (χ3v) is 4.79. The van der Waals surface area contributed by atoms with Crippen LogP contribution in [0.4, 0.5) is 0 Å². The van der Waals surface area contributed by atoms with Gasteiger partial charge in [-0.15, -0.1) is 0 Å². The van der Waals surface area contributed by atoms with E-state index in [-0.39, 0.29) is 4.90 Å². The van der Waals surface area contributed by atoms with E-state index in [0.717, 1.165) is 0 Å². The van der Waals surface area contributed by atoms with Gasteiger partial charge in [0.2, 0.25) is 0 Å². The first-order valence-electron chi connectivity index (χ1n) is 4.88. The highest BCUT2D eigenvalue weighted by Crippen LogP contribution is 2.26. The molecule has 0 aliphatic rings. The Morgan fingerprint density at radius 2 is 1.88 bits per heavy atom. The molecule has 0 atom stereocenters. The van der Waals surface area contributed by atoms with Crippen molar-refractivity contribution < 1.29 is 13.2 Å². The molecule has 0 spiro atoms. The molecular formula is C11H17NO3S. The molecule has 0 unspecified atom stereocenters. The molecule has 0 radical (unpaired) electrons. The van der Waals surface area contributed by atoms with Crippen LogP contribution in [0, 0.1) is 6.92 Å². The number of methoxy groups -OCH3 is 1. The third-order valence-electron chi connectivity index (χ3n) is 2.36. The van der Waals surface area contributed by atoms with Crippen LogP contribution in [0.1, 0.15) is 19.4 Å². The van der Waals surface area contributed by atoms with E-state index in [1.807, 2.05) is 0 Å². The summed E-state index contributed by atoms with van der Waals surface area (Å²) in [6.07, 6.45) is 0. The Balaban J connectivity index is 3.36. The zero-order chi connectivity index (χ0) is 12.6. The second-order valence-corrected chi connectivity index (χ2v) is 6.74. The predicted molar refractivity (Wildman–Crippen MR) is 63.2 cm³/mol. The molecule has 90 valence electrons. The molecule has 1 aromatic rings. The van der Waals surface area contributed by atoms with Gasteiger partial charge >= 0.3 is 0 Å². The van der Waals surface area contributed by atoms with Crippen molar-refractivity contribution in [3.8, 4) is 5.75 Å². The van der Waals surface area contributed by atoms with Crippen molar-refractivity contribution in [2.24, 2.45) is 5.73 Å². The zero-order valence-electron chi connectivity index (χ0n) is 9.94. The van der Waals surface area contributed by atoms with Crippen LogP contribution < -0.4 is 10.5 Å². The third kappa shape index (κ3) is 2.20. The normalized spacial score (nSPS) is 12.6. The van der Waals surface area contributed by atoms with E-state index in [9.17, 15) is 8.42 Å². The summed E-state index contributed by atoms with van der Waals surface area (Å²) < 4.78 is 29.2. The van der Waals surface area contributed by atoms with E-state index in [4.69, 9.17) is 10.5 Å². The minimum absolute atomic E-state index is 0.251. The van der Waals surface area contributed by atoms with Crippen LogP contribution in [0.2, 0.25) is 0 Å². The SMILES string of the molecule is COc1ccc(S(=O)(=O)C(C)(C)N)c(C)c1. The molecular weight excluding hydrogens is 226 g/mol. The lowest BCUT2D eigenvalue weighted by Gasteiger charge is -2.20. The Morgan fingerprint density at radius 3 is 2.25 bits per heavy atom. The van der Waals surface area contributed by atoms with Gasteiger partial charge in [-0.05, 0) is 44.5 Å². The van der Waals surface area contributed by atoms with Crippen LogP contribution >= 0.6 is 0 Å². The van der Waals surface area contributed by atoms with E-state index >= 15 is 0 Å². The van der Waals surface area contributed by atoms with E-state index in [0.29, 0.717) is 11.3 Å². The van der Waals surface area contributed by atoms with Crippen LogP contribution in [0.25, 0.3) is 0 Å². The quantitative estimate of drug-likeness (QED) is 0.872. The van der Waals surface area contributed by atoms with Gasteiger partial charge in [0.1, 0.15) is 10.6 Å². The Morgan fingerprint density at radius 1 is 1.31 bits per heavy atom. The molecule has 0 aromatic heterocycles. The second kappa shape index (κ2) is 4.07. The maximum absolute atomic E-state index is 12.1. The van der Waals surface area contributed by atoms with E-state index in [1.165, 1.54) is 27.0 Å². The average Bonchev–Trinajstić information content (AvgIpc) is 2.15. The van der Waals surface area contributed by atoms with Crippen LogP contribution in [0.3, 0.4) is 0 Å². The van der Waals surface area contributed by atoms with Gasteiger partial charge in [-0.25, -0.2) is 8.42 Å². The summed E-state index contributed by atoms with van der Waals surface area (Å²) in [7, 11) is -1.97. The smallest absolute Gasteiger partial charge is 0.196 e. The first-order valence-corrected chi connectivity index (χ1v) is 6.36. The summed E-state index contributed by atoms with van der Waals surface area (Å²) >= 11 is 0. The molecule has 2 N–H and O–H groups in total. The summed E-state index contributed by atoms with van der Waals surface area (Å²) in [4.78, 5) is -1.03. The molecule has 0 aliphatic carbocycles. The van der Waals surface area contributed by atoms with Crippen molar-refractivity contribution in [2.45, 2.75) is 30.5 Å². The van der Waals surface area contributed by atoms with Crippen molar-refractivity contribution in [3.63, 3.8) is 0 Å². The lowest BCUT2D eigenvalue weighted by Crippen LogP contribution is -2.41. The molecule has 4 nitrogen and oxygen atoms in total. The number of sulfone groups is 1. The zero-order valence-corrected chi connectivity index (χ0v) is 10.8. The van der Waals surface area contributed by atoms with E-state index in [1.54, 1.807) is 19.1 Å². The van der Waals surface area contributed by atoms with Crippen LogP contribution in [-0.2, 0) is 9.84 Å². The minimum Gasteiger partial charge on any atom is -0.497 e. The molecule has 0 amide bonds. The molecule has 5 heteroatoms. The molecule has 16 heavy (non-hydrogen) atoms. The van der Waals surface area contributed by atoms with E-state index < -0.39 is 14.7 Å². The van der Waals surface area contributed by atoms with Gasteiger partial charge in [-0.3, -0.25) is 0 Å². The van der Waals surface area contributed by atoms with Crippen molar-refractivity contribution in [2.75, 3.05) is 7.11 Å². The van der Waals surface area contributed by atoms with Crippen LogP contribution in [0.15, 0.2) is 23.1 Å². The predicted octanol–water partition coefficient (Wildman–Crippen LogP) is 1.47. The van der Waals surface area contributed by atoms with Crippen LogP contribution in [0.5, 0.6) is 5.75 Å². The lowest BCUT2D eigenvalue weighted by molar-refractivity contribution is 0.414. The maximum atomic E-state index is 12.1. The monoisotopic (exact) mass is 243 g/mol. The summed E-state index contributed by atoms with van der Waals surface area (Å²) in [5.41, 5.74) is 6.30. The standard InChI is InChI=1S/C11H17NO3S/c1-8-7-9(15-4)5-6-10(8)16(13,14)11(2,3)12/h5-7H,12H2,1-4H3. The van der Waals surface area contributed by atoms with Gasteiger partial charge in [0, 0.05) is 0 Å². The van der Waals surface area contributed by atoms with E-state index in [2.05, 4.69) is 0 Å². The fraction of sp³-hybridized carbons (Fsp3) is 0.455. The van der Waals surface area contributed by atoms with Gasteiger partial charge in [0.25, 0.3) is 0 Å². The average molecular weight is 243 g/mol. The van der Waals surface area contributed by atoms with Crippen LogP contribution in [-0.4, -0.2) is 20.4 Å². The Bertz CT molecular complexity index is 486. The van der Waals surface area contributed by atoms with Crippen molar-refractivity contribution >= 4 is 9.84 Å². The summed E-state index contributed by atoms with van der Waals surface area (Å²) in [6, 6.07) is 4.82. The topological polar surface area (TPSA) is 69.4 Å². The number of nitrogens with two attached hydrogens (primary N) is 1. The van der Waals surface area contributed by atoms with Crippen molar-refractivity contribution in [3.05, 3.63) is 23.8 Å². The molecule has 0 heterocycles. The molecule has 1 aromatic carbocycles. The summed E-state index contributed by atoms with van der Waals surface area (Å²) in [5, 5.41) is 0. The van der Waals surface area contributed by atoms with Crippen molar-refractivity contribution in [1.82, 2.24) is 0 Å². The number of hydrogen-bond acceptors (Lipinski definition) is 4. The second-order valence-electron chi connectivity index (χ2n) is 4.24. The highest BCUT2D eigenvalue weighted by molar-refractivity contribution is 7.92. The molecule has 0 aliphatic heterocycles. The maximum Gasteiger partial charge on any atom is 0.196 e. The highest BCUT2D eigenvalue weighted by Gasteiger charge is 2.32. The number of ether oxygens (including phenoxy) is 1. The molecule has 1 rings (SSSR count). The van der Waals surface area contributed by atoms with Gasteiger partial charge < -0.3 is 10.5 Å². The summed E-state index contributed by atoms with van der Waals surface area (Å²) in [6.45, 7) is 4.68. The van der Waals surface area contributed by atoms with Gasteiger partial charge in [0.05, 0.1) is 12.0 Å². The fourth-order valence-corrected chi connectivity index (χ4v) is 2.63. The molecule has 0 fully saturated rings. The first kappa shape index (κ1) is 13.0. The largest absolute Gasteiger partial charge is 0.497 e. The van der Waals surface area contributed by atoms with Gasteiger partial charge in [-0.2, -0.15) is 0 Å². The number of benzene rings is 1. The molecule has 0 saturated carbocycles. The Hall–Kier alpha value is -1.07. The van der Waals surface area contributed by atoms with Gasteiger partial charge in [-0.1, -0.05) is 0 Å². The summed E-state index contributed by atoms with van der Waals surface area (Å²) in [5.74, 6) is 0.631. The lowest BCUT2D eigenvalue weighted by atomic mass is 10.2. The highest BCUT2D eigenvalue weighted by atomic mass is 32.2. The Labute approximate surface area is 96.3 Å². The fourth-order valence-electron chi connectivity index (χ4n) is 1.33. The molecule has 0 saturated heterocycles.